The number of hydrogen-bond donors (Lipinski definition) is 0. The quantitative estimate of drug-likeness (QED) is 0.290. The summed E-state index contributed by atoms with van der Waals surface area (Å²) in [5.41, 5.74) is -1.45. The van der Waals surface area contributed by atoms with E-state index in [-0.39, 0.29) is 12.6 Å². The molecule has 0 N–H and O–H groups in total. The Bertz CT molecular complexity index is 699. The Balaban J connectivity index is 1.43. The first-order chi connectivity index (χ1) is 14.8. The summed E-state index contributed by atoms with van der Waals surface area (Å²) in [5.74, 6) is -1.19. The van der Waals surface area contributed by atoms with Gasteiger partial charge in [-0.1, -0.05) is 25.0 Å². The SMILES string of the molecule is FCC/C=C/C1CCC(CCC2CCC(c3cc(F)c(C(F)(F)F)c(F)c3)CC2)CC1. The summed E-state index contributed by atoms with van der Waals surface area (Å²) in [4.78, 5) is 0. The van der Waals surface area contributed by atoms with Crippen LogP contribution >= 0.6 is 0 Å². The lowest BCUT2D eigenvalue weighted by Crippen LogP contribution is -2.18. The summed E-state index contributed by atoms with van der Waals surface area (Å²) in [6.45, 7) is -0.295. The van der Waals surface area contributed by atoms with Crippen molar-refractivity contribution in [3.63, 3.8) is 0 Å². The summed E-state index contributed by atoms with van der Waals surface area (Å²) < 4.78 is 78.3. The fraction of sp³-hybridized carbons (Fsp3) is 0.680. The van der Waals surface area contributed by atoms with Gasteiger partial charge in [0, 0.05) is 0 Å². The van der Waals surface area contributed by atoms with Crippen LogP contribution in [0.5, 0.6) is 0 Å². The van der Waals surface area contributed by atoms with Gasteiger partial charge in [-0.05, 0) is 99.2 Å². The zero-order valence-corrected chi connectivity index (χ0v) is 17.9. The zero-order chi connectivity index (χ0) is 22.4. The standard InChI is InChI=1S/C25H32F6/c26-14-2-1-3-17-4-6-18(7-5-17)8-9-19-10-12-20(13-11-19)21-15-22(27)24(23(28)16-21)25(29,30)31/h1,3,15-20H,2,4-14H2/b3-1+. The maximum atomic E-state index is 13.9. The van der Waals surface area contributed by atoms with Crippen LogP contribution in [0.1, 0.15) is 87.7 Å². The van der Waals surface area contributed by atoms with Crippen molar-refractivity contribution in [2.24, 2.45) is 17.8 Å². The second-order valence-electron chi connectivity index (χ2n) is 9.34. The normalized spacial score (nSPS) is 27.7. The molecule has 0 atom stereocenters. The second kappa shape index (κ2) is 10.9. The average molecular weight is 447 g/mol. The van der Waals surface area contributed by atoms with Gasteiger partial charge in [-0.3, -0.25) is 4.39 Å². The van der Waals surface area contributed by atoms with E-state index in [1.54, 1.807) is 0 Å². The van der Waals surface area contributed by atoms with Crippen molar-refractivity contribution < 1.29 is 26.3 Å². The van der Waals surface area contributed by atoms with E-state index in [9.17, 15) is 26.3 Å². The molecule has 0 aliphatic heterocycles. The van der Waals surface area contributed by atoms with Crippen LogP contribution in [0.2, 0.25) is 0 Å². The van der Waals surface area contributed by atoms with Gasteiger partial charge in [0.2, 0.25) is 0 Å². The highest BCUT2D eigenvalue weighted by Crippen LogP contribution is 2.42. The first-order valence-electron chi connectivity index (χ1n) is 11.6. The van der Waals surface area contributed by atoms with E-state index in [1.807, 2.05) is 6.08 Å². The fourth-order valence-corrected chi connectivity index (χ4v) is 5.38. The Morgan fingerprint density at radius 1 is 0.806 bits per heavy atom. The van der Waals surface area contributed by atoms with Crippen LogP contribution in [0.3, 0.4) is 0 Å². The molecule has 2 aliphatic carbocycles. The van der Waals surface area contributed by atoms with Crippen molar-refractivity contribution in [1.29, 1.82) is 0 Å². The van der Waals surface area contributed by atoms with Gasteiger partial charge in [0.05, 0.1) is 6.67 Å². The molecule has 2 fully saturated rings. The number of allylic oxidation sites excluding steroid dienone is 2. The highest BCUT2D eigenvalue weighted by atomic mass is 19.4. The number of hydrogen-bond acceptors (Lipinski definition) is 0. The van der Waals surface area contributed by atoms with Crippen LogP contribution in [-0.4, -0.2) is 6.67 Å². The molecule has 0 aromatic heterocycles. The Kier molecular flexibility index (Phi) is 8.51. The predicted octanol–water partition coefficient (Wildman–Crippen LogP) is 8.76. The molecule has 0 unspecified atom stereocenters. The third kappa shape index (κ3) is 6.76. The van der Waals surface area contributed by atoms with E-state index < -0.39 is 23.4 Å². The fourth-order valence-electron chi connectivity index (χ4n) is 5.38. The van der Waals surface area contributed by atoms with Gasteiger partial charge < -0.3 is 0 Å². The number of benzene rings is 1. The molecule has 0 radical (unpaired) electrons. The van der Waals surface area contributed by atoms with Crippen LogP contribution in [0.4, 0.5) is 26.3 Å². The van der Waals surface area contributed by atoms with Crippen molar-refractivity contribution in [2.75, 3.05) is 6.67 Å². The summed E-state index contributed by atoms with van der Waals surface area (Å²) in [5, 5.41) is 0. The highest BCUT2D eigenvalue weighted by molar-refractivity contribution is 5.30. The molecule has 0 nitrogen and oxygen atoms in total. The second-order valence-corrected chi connectivity index (χ2v) is 9.34. The number of alkyl halides is 4. The molecule has 0 heterocycles. The van der Waals surface area contributed by atoms with E-state index in [0.29, 0.717) is 23.8 Å². The molecule has 3 rings (SSSR count). The van der Waals surface area contributed by atoms with E-state index in [0.717, 1.165) is 50.2 Å². The molecule has 0 spiro atoms. The van der Waals surface area contributed by atoms with Crippen molar-refractivity contribution in [3.05, 3.63) is 47.0 Å². The van der Waals surface area contributed by atoms with Gasteiger partial charge in [0.15, 0.2) is 0 Å². The number of rotatable bonds is 7. The zero-order valence-electron chi connectivity index (χ0n) is 17.9. The Labute approximate surface area is 181 Å². The lowest BCUT2D eigenvalue weighted by atomic mass is 9.74. The van der Waals surface area contributed by atoms with Crippen LogP contribution in [0.25, 0.3) is 0 Å². The molecule has 0 amide bonds. The third-order valence-electron chi connectivity index (χ3n) is 7.22. The number of halogens is 6. The predicted molar refractivity (Wildman–Crippen MR) is 110 cm³/mol. The maximum Gasteiger partial charge on any atom is 0.422 e. The van der Waals surface area contributed by atoms with Crippen molar-refractivity contribution in [1.82, 2.24) is 0 Å². The largest absolute Gasteiger partial charge is 0.422 e. The van der Waals surface area contributed by atoms with Crippen LogP contribution in [0.15, 0.2) is 24.3 Å². The van der Waals surface area contributed by atoms with Crippen molar-refractivity contribution >= 4 is 0 Å². The molecule has 1 aromatic rings. The molecular formula is C25H32F6. The Morgan fingerprint density at radius 3 is 1.81 bits per heavy atom. The molecule has 2 aliphatic rings. The lowest BCUT2D eigenvalue weighted by Gasteiger charge is -2.31. The summed E-state index contributed by atoms with van der Waals surface area (Å²) in [6, 6.07) is 1.74. The minimum Gasteiger partial charge on any atom is -0.251 e. The van der Waals surface area contributed by atoms with Crippen LogP contribution in [0, 0.1) is 29.4 Å². The molecule has 0 saturated heterocycles. The first kappa shape index (κ1) is 24.2. The molecule has 31 heavy (non-hydrogen) atoms. The van der Waals surface area contributed by atoms with Crippen LogP contribution in [-0.2, 0) is 6.18 Å². The summed E-state index contributed by atoms with van der Waals surface area (Å²) >= 11 is 0. The molecule has 2 saturated carbocycles. The molecule has 0 bridgehead atoms. The minimum absolute atomic E-state index is 0.0749. The maximum absolute atomic E-state index is 13.9. The Hall–Kier alpha value is -1.46. The summed E-state index contributed by atoms with van der Waals surface area (Å²) in [6.07, 6.45) is 10.2. The summed E-state index contributed by atoms with van der Waals surface area (Å²) in [7, 11) is 0. The van der Waals surface area contributed by atoms with Gasteiger partial charge in [0.25, 0.3) is 0 Å². The molecule has 174 valence electrons. The molecular weight excluding hydrogens is 414 g/mol. The van der Waals surface area contributed by atoms with E-state index in [4.69, 9.17) is 0 Å². The smallest absolute Gasteiger partial charge is 0.251 e. The van der Waals surface area contributed by atoms with Crippen LogP contribution < -0.4 is 0 Å². The van der Waals surface area contributed by atoms with E-state index in [2.05, 4.69) is 6.08 Å². The monoisotopic (exact) mass is 446 g/mol. The highest BCUT2D eigenvalue weighted by Gasteiger charge is 2.38. The van der Waals surface area contributed by atoms with Gasteiger partial charge in [-0.2, -0.15) is 13.2 Å². The van der Waals surface area contributed by atoms with Gasteiger partial charge in [-0.15, -0.1) is 0 Å². The minimum atomic E-state index is -5.02. The molecule has 6 heteroatoms. The van der Waals surface area contributed by atoms with Gasteiger partial charge >= 0.3 is 6.18 Å². The van der Waals surface area contributed by atoms with Gasteiger partial charge in [-0.25, -0.2) is 8.78 Å². The first-order valence-corrected chi connectivity index (χ1v) is 11.6. The van der Waals surface area contributed by atoms with Crippen molar-refractivity contribution in [2.45, 2.75) is 82.7 Å². The van der Waals surface area contributed by atoms with Gasteiger partial charge in [0.1, 0.15) is 17.2 Å². The Morgan fingerprint density at radius 2 is 1.32 bits per heavy atom. The topological polar surface area (TPSA) is 0 Å². The van der Waals surface area contributed by atoms with Crippen molar-refractivity contribution in [3.8, 4) is 0 Å². The average Bonchev–Trinajstić information content (AvgIpc) is 2.72. The van der Waals surface area contributed by atoms with E-state index >= 15 is 0 Å². The van der Waals surface area contributed by atoms with E-state index in [1.165, 1.54) is 32.1 Å². The third-order valence-corrected chi connectivity index (χ3v) is 7.22. The lowest BCUT2D eigenvalue weighted by molar-refractivity contribution is -0.142. The molecule has 1 aromatic carbocycles.